The molecule has 2 rings (SSSR count). The summed E-state index contributed by atoms with van der Waals surface area (Å²) in [5.41, 5.74) is 10.4. The molecule has 0 radical (unpaired) electrons. The van der Waals surface area contributed by atoms with E-state index in [4.69, 9.17) is 5.73 Å². The van der Waals surface area contributed by atoms with Crippen LogP contribution in [0.4, 0.5) is 11.5 Å². The minimum atomic E-state index is 0.749. The van der Waals surface area contributed by atoms with Gasteiger partial charge in [-0.15, -0.1) is 5.10 Å². The van der Waals surface area contributed by atoms with Gasteiger partial charge < -0.3 is 16.0 Å². The van der Waals surface area contributed by atoms with Crippen molar-refractivity contribution in [3.63, 3.8) is 0 Å². The van der Waals surface area contributed by atoms with E-state index in [0.29, 0.717) is 0 Å². The number of likely N-dealkylation sites (N-methyl/N-ethyl adjacent to an activating group) is 1. The van der Waals surface area contributed by atoms with Crippen LogP contribution in [0.5, 0.6) is 0 Å². The van der Waals surface area contributed by atoms with Gasteiger partial charge in [0, 0.05) is 18.8 Å². The normalized spacial score (nSPS) is 11.4. The van der Waals surface area contributed by atoms with E-state index in [2.05, 4.69) is 34.4 Å². The van der Waals surface area contributed by atoms with Crippen LogP contribution in [0.2, 0.25) is 0 Å². The summed E-state index contributed by atoms with van der Waals surface area (Å²) in [6.45, 7) is 5.97. The van der Waals surface area contributed by atoms with Crippen LogP contribution in [0.1, 0.15) is 18.2 Å². The molecule has 0 aliphatic carbocycles. The highest BCUT2D eigenvalue weighted by molar-refractivity contribution is 5.83. The highest BCUT2D eigenvalue weighted by Gasteiger charge is 2.13. The molecule has 5 heteroatoms. The number of aromatic nitrogens is 2. The summed E-state index contributed by atoms with van der Waals surface area (Å²) >= 11 is 0. The minimum absolute atomic E-state index is 0.749. The lowest BCUT2D eigenvalue weighted by atomic mass is 10.1. The van der Waals surface area contributed by atoms with Crippen LogP contribution in [-0.4, -0.2) is 41.7 Å². The molecule has 2 heterocycles. The Morgan fingerprint density at radius 2 is 2.11 bits per heavy atom. The zero-order valence-corrected chi connectivity index (χ0v) is 12.2. The number of aryl methyl sites for hydroxylation is 2. The van der Waals surface area contributed by atoms with Crippen LogP contribution >= 0.6 is 0 Å². The summed E-state index contributed by atoms with van der Waals surface area (Å²) in [5.74, 6) is 0.783. The average Bonchev–Trinajstić information content (AvgIpc) is 2.69. The molecular formula is C14H23N5. The second-order valence-electron chi connectivity index (χ2n) is 5.11. The number of pyridine rings is 1. The van der Waals surface area contributed by atoms with E-state index in [0.717, 1.165) is 42.2 Å². The molecule has 0 atom stereocenters. The SMILES string of the molecule is CCc1ccc(C)n2nc(NCCN(C)C)c(N)c12. The smallest absolute Gasteiger partial charge is 0.172 e. The fourth-order valence-corrected chi connectivity index (χ4v) is 2.18. The van der Waals surface area contributed by atoms with Crippen molar-refractivity contribution >= 4 is 17.0 Å². The Hall–Kier alpha value is -1.75. The Balaban J connectivity index is 2.36. The van der Waals surface area contributed by atoms with Crippen molar-refractivity contribution in [3.05, 3.63) is 23.4 Å². The van der Waals surface area contributed by atoms with Crippen molar-refractivity contribution < 1.29 is 0 Å². The fraction of sp³-hybridized carbons (Fsp3) is 0.500. The molecule has 0 amide bonds. The first-order valence-electron chi connectivity index (χ1n) is 6.70. The van der Waals surface area contributed by atoms with Crippen molar-refractivity contribution in [3.8, 4) is 0 Å². The summed E-state index contributed by atoms with van der Waals surface area (Å²) in [7, 11) is 4.10. The molecule has 0 aromatic carbocycles. The molecule has 2 aromatic rings. The number of rotatable bonds is 5. The van der Waals surface area contributed by atoms with Crippen LogP contribution < -0.4 is 11.1 Å². The second kappa shape index (κ2) is 5.48. The maximum absolute atomic E-state index is 6.24. The van der Waals surface area contributed by atoms with E-state index in [9.17, 15) is 0 Å². The number of fused-ring (bicyclic) bond motifs is 1. The molecule has 19 heavy (non-hydrogen) atoms. The summed E-state index contributed by atoms with van der Waals surface area (Å²) in [4.78, 5) is 2.13. The quantitative estimate of drug-likeness (QED) is 0.861. The molecule has 0 saturated carbocycles. The Morgan fingerprint density at radius 3 is 2.74 bits per heavy atom. The maximum atomic E-state index is 6.24. The summed E-state index contributed by atoms with van der Waals surface area (Å²) < 4.78 is 1.94. The largest absolute Gasteiger partial charge is 0.394 e. The summed E-state index contributed by atoms with van der Waals surface area (Å²) in [6.07, 6.45) is 0.955. The van der Waals surface area contributed by atoms with E-state index >= 15 is 0 Å². The third-order valence-electron chi connectivity index (χ3n) is 3.32. The number of nitrogens with zero attached hydrogens (tertiary/aromatic N) is 3. The Morgan fingerprint density at radius 1 is 1.37 bits per heavy atom. The Kier molecular flexibility index (Phi) is 3.95. The molecule has 5 nitrogen and oxygen atoms in total. The number of hydrogen-bond acceptors (Lipinski definition) is 4. The average molecular weight is 261 g/mol. The van der Waals surface area contributed by atoms with Gasteiger partial charge >= 0.3 is 0 Å². The summed E-state index contributed by atoms with van der Waals surface area (Å²) in [6, 6.07) is 4.22. The first-order valence-corrected chi connectivity index (χ1v) is 6.70. The molecule has 0 spiro atoms. The van der Waals surface area contributed by atoms with Crippen molar-refractivity contribution in [2.45, 2.75) is 20.3 Å². The molecule has 0 unspecified atom stereocenters. The number of nitrogen functional groups attached to an aromatic ring is 1. The molecule has 0 saturated heterocycles. The Bertz CT molecular complexity index is 571. The van der Waals surface area contributed by atoms with Gasteiger partial charge in [0.15, 0.2) is 5.82 Å². The molecule has 2 aromatic heterocycles. The van der Waals surface area contributed by atoms with Crippen LogP contribution in [0.15, 0.2) is 12.1 Å². The molecular weight excluding hydrogens is 238 g/mol. The van der Waals surface area contributed by atoms with Crippen molar-refractivity contribution in [2.24, 2.45) is 0 Å². The van der Waals surface area contributed by atoms with Crippen LogP contribution in [0, 0.1) is 6.92 Å². The molecule has 0 aliphatic heterocycles. The number of hydrogen-bond donors (Lipinski definition) is 2. The predicted octanol–water partition coefficient (Wildman–Crippen LogP) is 1.76. The second-order valence-corrected chi connectivity index (χ2v) is 5.11. The van der Waals surface area contributed by atoms with E-state index in [1.165, 1.54) is 5.56 Å². The lowest BCUT2D eigenvalue weighted by molar-refractivity contribution is 0.425. The van der Waals surface area contributed by atoms with Crippen LogP contribution in [0.3, 0.4) is 0 Å². The first kappa shape index (κ1) is 13.7. The highest BCUT2D eigenvalue weighted by Crippen LogP contribution is 2.27. The van der Waals surface area contributed by atoms with Gasteiger partial charge in [0.25, 0.3) is 0 Å². The van der Waals surface area contributed by atoms with Crippen LogP contribution in [0.25, 0.3) is 5.52 Å². The van der Waals surface area contributed by atoms with Gasteiger partial charge in [0.1, 0.15) is 5.69 Å². The van der Waals surface area contributed by atoms with Gasteiger partial charge in [-0.05, 0) is 39.1 Å². The molecule has 0 bridgehead atoms. The van der Waals surface area contributed by atoms with Gasteiger partial charge in [0.05, 0.1) is 5.52 Å². The van der Waals surface area contributed by atoms with E-state index in [-0.39, 0.29) is 0 Å². The van der Waals surface area contributed by atoms with E-state index < -0.39 is 0 Å². The minimum Gasteiger partial charge on any atom is -0.394 e. The van der Waals surface area contributed by atoms with Gasteiger partial charge in [-0.3, -0.25) is 0 Å². The van der Waals surface area contributed by atoms with Gasteiger partial charge in [0.2, 0.25) is 0 Å². The zero-order chi connectivity index (χ0) is 14.0. The van der Waals surface area contributed by atoms with Gasteiger partial charge in [-0.1, -0.05) is 13.0 Å². The lowest BCUT2D eigenvalue weighted by Crippen LogP contribution is -2.21. The third-order valence-corrected chi connectivity index (χ3v) is 3.32. The number of anilines is 2. The van der Waals surface area contributed by atoms with Crippen molar-refractivity contribution in [1.82, 2.24) is 14.5 Å². The highest BCUT2D eigenvalue weighted by atomic mass is 15.3. The molecule has 3 N–H and O–H groups in total. The monoisotopic (exact) mass is 261 g/mol. The van der Waals surface area contributed by atoms with Gasteiger partial charge in [-0.2, -0.15) is 0 Å². The Labute approximate surface area is 114 Å². The zero-order valence-electron chi connectivity index (χ0n) is 12.2. The summed E-state index contributed by atoms with van der Waals surface area (Å²) in [5, 5.41) is 7.89. The lowest BCUT2D eigenvalue weighted by Gasteiger charge is -2.09. The number of nitrogens with two attached hydrogens (primary N) is 1. The topological polar surface area (TPSA) is 58.6 Å². The van der Waals surface area contributed by atoms with Gasteiger partial charge in [-0.25, -0.2) is 4.52 Å². The van der Waals surface area contributed by atoms with E-state index in [1.54, 1.807) is 0 Å². The number of nitrogens with one attached hydrogen (secondary N) is 1. The molecule has 0 aliphatic rings. The predicted molar refractivity (Wildman–Crippen MR) is 80.8 cm³/mol. The molecule has 104 valence electrons. The van der Waals surface area contributed by atoms with E-state index in [1.807, 2.05) is 25.5 Å². The van der Waals surface area contributed by atoms with Crippen LogP contribution in [-0.2, 0) is 6.42 Å². The maximum Gasteiger partial charge on any atom is 0.172 e. The van der Waals surface area contributed by atoms with Crippen molar-refractivity contribution in [2.75, 3.05) is 38.2 Å². The molecule has 0 fully saturated rings. The van der Waals surface area contributed by atoms with Crippen molar-refractivity contribution in [1.29, 1.82) is 0 Å². The third kappa shape index (κ3) is 2.66. The first-order chi connectivity index (χ1) is 9.04. The standard InChI is InChI=1S/C14H23N5/c1-5-11-7-6-10(2)19-13(11)12(15)14(17-19)16-8-9-18(3)4/h6-7H,5,8-9,15H2,1-4H3,(H,16,17). The fourth-order valence-electron chi connectivity index (χ4n) is 2.18.